The third-order valence-corrected chi connectivity index (χ3v) is 9.76. The number of nitrogens with two attached hydrogens (primary N) is 1. The second kappa shape index (κ2) is 8.59. The molecule has 2 aliphatic rings. The first-order valence-corrected chi connectivity index (χ1v) is 14.8. The molecule has 0 bridgehead atoms. The summed E-state index contributed by atoms with van der Waals surface area (Å²) in [6.07, 6.45) is 0. The van der Waals surface area contributed by atoms with Gasteiger partial charge in [-0.25, -0.2) is 0 Å². The van der Waals surface area contributed by atoms with E-state index in [0.717, 1.165) is 17.1 Å². The monoisotopic (exact) mass is 542 g/mol. The van der Waals surface area contributed by atoms with Gasteiger partial charge in [0, 0.05) is 33.6 Å². The van der Waals surface area contributed by atoms with Crippen LogP contribution in [0.4, 0.5) is 22.7 Å². The summed E-state index contributed by atoms with van der Waals surface area (Å²) in [4.78, 5) is 2.43. The molecule has 2 N–H and O–H groups in total. The number of hydrogen-bond acceptors (Lipinski definition) is 2. The van der Waals surface area contributed by atoms with E-state index in [1.165, 1.54) is 61.0 Å². The molecule has 0 atom stereocenters. The summed E-state index contributed by atoms with van der Waals surface area (Å²) in [5.74, 6) is 0. The Morgan fingerprint density at radius 3 is 1.60 bits per heavy atom. The molecule has 0 heterocycles. The number of anilines is 4. The first-order valence-electron chi connectivity index (χ1n) is 14.8. The van der Waals surface area contributed by atoms with Crippen molar-refractivity contribution in [3.8, 4) is 22.3 Å². The van der Waals surface area contributed by atoms with Crippen LogP contribution >= 0.6 is 0 Å². The first-order chi connectivity index (χ1) is 20.2. The van der Waals surface area contributed by atoms with Crippen LogP contribution in [0, 0.1) is 0 Å². The molecule has 0 unspecified atom stereocenters. The summed E-state index contributed by atoms with van der Waals surface area (Å²) in [6.45, 7) is 9.33. The highest BCUT2D eigenvalue weighted by molar-refractivity contribution is 5.92. The van der Waals surface area contributed by atoms with Crippen molar-refractivity contribution in [3.05, 3.63) is 144 Å². The van der Waals surface area contributed by atoms with Gasteiger partial charge >= 0.3 is 0 Å². The summed E-state index contributed by atoms with van der Waals surface area (Å²) >= 11 is 0. The van der Waals surface area contributed by atoms with E-state index >= 15 is 0 Å². The average Bonchev–Trinajstić information content (AvgIpc) is 3.36. The van der Waals surface area contributed by atoms with Gasteiger partial charge in [-0.05, 0) is 104 Å². The van der Waals surface area contributed by atoms with Crippen molar-refractivity contribution in [2.24, 2.45) is 0 Å². The van der Waals surface area contributed by atoms with Gasteiger partial charge in [-0.3, -0.25) is 0 Å². The predicted molar refractivity (Wildman–Crippen MR) is 178 cm³/mol. The van der Waals surface area contributed by atoms with Crippen molar-refractivity contribution in [1.29, 1.82) is 0 Å². The fourth-order valence-electron chi connectivity index (χ4n) is 7.48. The fourth-order valence-corrected chi connectivity index (χ4v) is 7.48. The maximum absolute atomic E-state index is 6.25. The molecule has 6 aromatic rings. The zero-order valence-corrected chi connectivity index (χ0v) is 24.6. The topological polar surface area (TPSA) is 29.3 Å². The number of hydrogen-bond donors (Lipinski definition) is 1. The molecule has 0 aromatic heterocycles. The van der Waals surface area contributed by atoms with E-state index in [0.29, 0.717) is 0 Å². The Hall–Kier alpha value is -4.82. The van der Waals surface area contributed by atoms with Crippen molar-refractivity contribution < 1.29 is 0 Å². The molecule has 0 saturated carbocycles. The molecule has 2 heteroatoms. The standard InChI is InChI=1S/C40H34N2/c1-39(2)35-12-8-7-11-31(35)33-19-16-29(23-37(33)39)42(28-15-13-25-9-5-6-10-26(25)21-28)30-17-20-34-32-18-14-27(41)22-36(32)40(3,4)38(34)24-30/h5-24H,41H2,1-4H3. The van der Waals surface area contributed by atoms with Gasteiger partial charge in [0.1, 0.15) is 0 Å². The van der Waals surface area contributed by atoms with Crippen LogP contribution in [0.2, 0.25) is 0 Å². The molecule has 8 rings (SSSR count). The van der Waals surface area contributed by atoms with E-state index in [1.807, 2.05) is 6.07 Å². The average molecular weight is 543 g/mol. The number of fused-ring (bicyclic) bond motifs is 7. The Bertz CT molecular complexity index is 2060. The SMILES string of the molecule is CC1(C)c2ccccc2-c2ccc(N(c3ccc4c(c3)C(C)(C)c3cc(N)ccc3-4)c3ccc4ccccc4c3)cc21. The minimum atomic E-state index is -0.146. The Morgan fingerprint density at radius 2 is 0.905 bits per heavy atom. The lowest BCUT2D eigenvalue weighted by molar-refractivity contribution is 0.660. The van der Waals surface area contributed by atoms with Gasteiger partial charge in [0.05, 0.1) is 0 Å². The third-order valence-electron chi connectivity index (χ3n) is 9.76. The highest BCUT2D eigenvalue weighted by atomic mass is 15.1. The third kappa shape index (κ3) is 3.45. The van der Waals surface area contributed by atoms with E-state index in [-0.39, 0.29) is 10.8 Å². The Labute approximate surface area is 248 Å². The molecule has 0 aliphatic heterocycles. The van der Waals surface area contributed by atoms with Crippen LogP contribution in [0.1, 0.15) is 49.9 Å². The molecule has 6 aromatic carbocycles. The van der Waals surface area contributed by atoms with Crippen LogP contribution in [-0.2, 0) is 10.8 Å². The number of rotatable bonds is 3. The lowest BCUT2D eigenvalue weighted by atomic mass is 9.82. The lowest BCUT2D eigenvalue weighted by Gasteiger charge is -2.30. The molecule has 0 radical (unpaired) electrons. The van der Waals surface area contributed by atoms with Crippen molar-refractivity contribution in [2.45, 2.75) is 38.5 Å². The molecule has 42 heavy (non-hydrogen) atoms. The van der Waals surface area contributed by atoms with E-state index in [4.69, 9.17) is 5.73 Å². The second-order valence-electron chi connectivity index (χ2n) is 12.9. The largest absolute Gasteiger partial charge is 0.399 e. The smallest absolute Gasteiger partial charge is 0.0468 e. The van der Waals surface area contributed by atoms with Gasteiger partial charge in [-0.1, -0.05) is 100 Å². The maximum atomic E-state index is 6.25. The molecule has 0 fully saturated rings. The minimum Gasteiger partial charge on any atom is -0.399 e. The Morgan fingerprint density at radius 1 is 0.429 bits per heavy atom. The molecule has 2 nitrogen and oxygen atoms in total. The summed E-state index contributed by atoms with van der Waals surface area (Å²) in [5.41, 5.74) is 21.0. The van der Waals surface area contributed by atoms with Crippen LogP contribution in [0.3, 0.4) is 0 Å². The second-order valence-corrected chi connectivity index (χ2v) is 12.9. The fraction of sp³-hybridized carbons (Fsp3) is 0.150. The summed E-state index contributed by atoms with van der Waals surface area (Å²) in [5, 5.41) is 2.48. The van der Waals surface area contributed by atoms with Crippen LogP contribution in [-0.4, -0.2) is 0 Å². The van der Waals surface area contributed by atoms with Gasteiger partial charge in [0.15, 0.2) is 0 Å². The molecule has 0 spiro atoms. The molecular formula is C40H34N2. The maximum Gasteiger partial charge on any atom is 0.0468 e. The van der Waals surface area contributed by atoms with E-state index in [9.17, 15) is 0 Å². The van der Waals surface area contributed by atoms with E-state index in [1.54, 1.807) is 0 Å². The van der Waals surface area contributed by atoms with Crippen molar-refractivity contribution in [1.82, 2.24) is 0 Å². The Balaban J connectivity index is 1.34. The van der Waals surface area contributed by atoms with Crippen LogP contribution in [0.5, 0.6) is 0 Å². The van der Waals surface area contributed by atoms with Gasteiger partial charge < -0.3 is 10.6 Å². The number of nitrogens with zero attached hydrogens (tertiary/aromatic N) is 1. The van der Waals surface area contributed by atoms with Crippen LogP contribution in [0.25, 0.3) is 33.0 Å². The highest BCUT2D eigenvalue weighted by Gasteiger charge is 2.37. The quantitative estimate of drug-likeness (QED) is 0.225. The van der Waals surface area contributed by atoms with Gasteiger partial charge in [0.2, 0.25) is 0 Å². The highest BCUT2D eigenvalue weighted by Crippen LogP contribution is 2.53. The van der Waals surface area contributed by atoms with E-state index < -0.39 is 0 Å². The van der Waals surface area contributed by atoms with Crippen LogP contribution < -0.4 is 10.6 Å². The summed E-state index contributed by atoms with van der Waals surface area (Å²) in [6, 6.07) is 44.6. The molecule has 0 saturated heterocycles. The van der Waals surface area contributed by atoms with Crippen LogP contribution in [0.15, 0.2) is 121 Å². The number of benzene rings is 6. The molecule has 0 amide bonds. The van der Waals surface area contributed by atoms with Gasteiger partial charge in [-0.2, -0.15) is 0 Å². The lowest BCUT2D eigenvalue weighted by Crippen LogP contribution is -2.18. The first kappa shape index (κ1) is 24.9. The molecular weight excluding hydrogens is 508 g/mol. The summed E-state index contributed by atoms with van der Waals surface area (Å²) < 4.78 is 0. The zero-order valence-electron chi connectivity index (χ0n) is 24.6. The minimum absolute atomic E-state index is 0.0709. The molecule has 2 aliphatic carbocycles. The van der Waals surface area contributed by atoms with Gasteiger partial charge in [-0.15, -0.1) is 0 Å². The van der Waals surface area contributed by atoms with Crippen molar-refractivity contribution in [3.63, 3.8) is 0 Å². The van der Waals surface area contributed by atoms with Crippen molar-refractivity contribution >= 4 is 33.5 Å². The van der Waals surface area contributed by atoms with Crippen molar-refractivity contribution in [2.75, 3.05) is 10.6 Å². The van der Waals surface area contributed by atoms with E-state index in [2.05, 4.69) is 148 Å². The number of nitrogen functional groups attached to an aromatic ring is 1. The zero-order chi connectivity index (χ0) is 28.8. The van der Waals surface area contributed by atoms with Gasteiger partial charge in [0.25, 0.3) is 0 Å². The predicted octanol–water partition coefficient (Wildman–Crippen LogP) is 10.5. The normalized spacial score (nSPS) is 15.1. The Kier molecular flexibility index (Phi) is 5.10. The molecule has 204 valence electrons. The summed E-state index contributed by atoms with van der Waals surface area (Å²) in [7, 11) is 0.